The molecular weight excluding hydrogens is 290 g/mol. The van der Waals surface area contributed by atoms with E-state index in [1.54, 1.807) is 18.1 Å². The van der Waals surface area contributed by atoms with Crippen LogP contribution >= 0.6 is 0 Å². The van der Waals surface area contributed by atoms with E-state index in [-0.39, 0.29) is 0 Å². The fourth-order valence-corrected chi connectivity index (χ4v) is 1.70. The molecule has 120 valence electrons. The third-order valence-electron chi connectivity index (χ3n) is 2.84. The molecule has 0 atom stereocenters. The maximum Gasteiger partial charge on any atom is 0.246 e. The quantitative estimate of drug-likeness (QED) is 0.698. The molecule has 2 rings (SSSR count). The van der Waals surface area contributed by atoms with E-state index in [0.717, 1.165) is 0 Å². The van der Waals surface area contributed by atoms with Crippen LogP contribution in [-0.4, -0.2) is 55.1 Å². The van der Waals surface area contributed by atoms with Crippen LogP contribution < -0.4 is 14.4 Å². The van der Waals surface area contributed by atoms with E-state index in [1.165, 1.54) is 14.2 Å². The molecule has 9 heteroatoms. The third kappa shape index (κ3) is 4.04. The lowest BCUT2D eigenvalue weighted by atomic mass is 10.4. The van der Waals surface area contributed by atoms with Gasteiger partial charge in [-0.1, -0.05) is 5.16 Å². The van der Waals surface area contributed by atoms with Gasteiger partial charge in [-0.15, -0.1) is 0 Å². The Bertz CT molecular complexity index is 582. The topological polar surface area (TPSA) is 95.6 Å². The summed E-state index contributed by atoms with van der Waals surface area (Å²) in [5, 5.41) is 3.88. The van der Waals surface area contributed by atoms with Gasteiger partial charge in [0, 0.05) is 20.6 Å². The van der Waals surface area contributed by atoms with Crippen molar-refractivity contribution < 1.29 is 18.7 Å². The lowest BCUT2D eigenvalue weighted by Crippen LogP contribution is -2.19. The highest BCUT2D eigenvalue weighted by atomic mass is 16.5. The van der Waals surface area contributed by atoms with E-state index in [4.69, 9.17) is 18.7 Å². The van der Waals surface area contributed by atoms with Crippen LogP contribution in [0.15, 0.2) is 10.6 Å². The summed E-state index contributed by atoms with van der Waals surface area (Å²) in [5.74, 6) is 2.35. The monoisotopic (exact) mass is 309 g/mol. The van der Waals surface area contributed by atoms with Crippen molar-refractivity contribution in [3.8, 4) is 11.8 Å². The van der Waals surface area contributed by atoms with Crippen molar-refractivity contribution in [1.29, 1.82) is 0 Å². The van der Waals surface area contributed by atoms with E-state index < -0.39 is 0 Å². The van der Waals surface area contributed by atoms with Crippen LogP contribution in [0.1, 0.15) is 11.7 Å². The van der Waals surface area contributed by atoms with Crippen molar-refractivity contribution in [3.05, 3.63) is 17.8 Å². The Morgan fingerprint density at radius 2 is 1.77 bits per heavy atom. The molecule has 9 nitrogen and oxygen atoms in total. The minimum Gasteiger partial charge on any atom is -0.481 e. The second kappa shape index (κ2) is 7.55. The van der Waals surface area contributed by atoms with E-state index >= 15 is 0 Å². The average Bonchev–Trinajstić information content (AvgIpc) is 2.99. The van der Waals surface area contributed by atoms with Crippen LogP contribution in [0, 0.1) is 0 Å². The van der Waals surface area contributed by atoms with Gasteiger partial charge in [0.15, 0.2) is 5.82 Å². The summed E-state index contributed by atoms with van der Waals surface area (Å²) in [6.07, 6.45) is 0.604. The molecule has 0 aromatic carbocycles. The van der Waals surface area contributed by atoms with Crippen LogP contribution in [0.25, 0.3) is 0 Å². The Kier molecular flexibility index (Phi) is 5.48. The number of hydrogen-bond acceptors (Lipinski definition) is 9. The number of hydrogen-bond donors (Lipinski definition) is 0. The third-order valence-corrected chi connectivity index (χ3v) is 2.84. The molecule has 0 saturated heterocycles. The Labute approximate surface area is 128 Å². The number of methoxy groups -OCH3 is 3. The number of nitrogens with zero attached hydrogens (tertiary/aromatic N) is 5. The Morgan fingerprint density at radius 3 is 2.36 bits per heavy atom. The first-order valence-corrected chi connectivity index (χ1v) is 6.65. The predicted molar refractivity (Wildman–Crippen MR) is 77.1 cm³/mol. The van der Waals surface area contributed by atoms with Crippen molar-refractivity contribution in [2.45, 2.75) is 13.0 Å². The van der Waals surface area contributed by atoms with Gasteiger partial charge in [-0.25, -0.2) is 0 Å². The van der Waals surface area contributed by atoms with Crippen LogP contribution in [0.5, 0.6) is 11.8 Å². The summed E-state index contributed by atoms with van der Waals surface area (Å²) in [4.78, 5) is 14.6. The zero-order valence-electron chi connectivity index (χ0n) is 13.1. The highest BCUT2D eigenvalue weighted by Gasteiger charge is 2.14. The molecule has 0 saturated carbocycles. The molecule has 0 unspecified atom stereocenters. The molecular formula is C13H19N5O4. The van der Waals surface area contributed by atoms with Gasteiger partial charge >= 0.3 is 0 Å². The molecule has 0 aliphatic heterocycles. The van der Waals surface area contributed by atoms with Gasteiger partial charge in [-0.05, 0) is 0 Å². The maximum absolute atomic E-state index is 5.19. The van der Waals surface area contributed by atoms with Gasteiger partial charge < -0.3 is 23.6 Å². The lowest BCUT2D eigenvalue weighted by Gasteiger charge is -2.15. The molecule has 0 radical (unpaired) electrons. The molecule has 0 fully saturated rings. The fraction of sp³-hybridized carbons (Fsp3) is 0.538. The second-order valence-corrected chi connectivity index (χ2v) is 4.46. The summed E-state index contributed by atoms with van der Waals surface area (Å²) in [7, 11) is 6.51. The Morgan fingerprint density at radius 1 is 1.09 bits per heavy atom. The van der Waals surface area contributed by atoms with Gasteiger partial charge in [-0.2, -0.15) is 15.0 Å². The highest BCUT2D eigenvalue weighted by Crippen LogP contribution is 2.20. The predicted octanol–water partition coefficient (Wildman–Crippen LogP) is 0.702. The van der Waals surface area contributed by atoms with Crippen molar-refractivity contribution in [3.63, 3.8) is 0 Å². The zero-order chi connectivity index (χ0) is 15.9. The Balaban J connectivity index is 2.08. The molecule has 0 amide bonds. The standard InChI is InChI=1S/C13H19N5O4/c1-18(8-12-14-9(17-22-12)5-6-19-2)13-15-10(20-3)7-11(16-13)21-4/h7H,5-6,8H2,1-4H3. The summed E-state index contributed by atoms with van der Waals surface area (Å²) in [6.45, 7) is 0.918. The summed E-state index contributed by atoms with van der Waals surface area (Å²) in [6, 6.07) is 1.60. The lowest BCUT2D eigenvalue weighted by molar-refractivity contribution is 0.199. The first-order valence-electron chi connectivity index (χ1n) is 6.65. The first kappa shape index (κ1) is 16.0. The van der Waals surface area contributed by atoms with Crippen LogP contribution in [-0.2, 0) is 17.7 Å². The highest BCUT2D eigenvalue weighted by molar-refractivity contribution is 5.35. The molecule has 0 N–H and O–H groups in total. The largest absolute Gasteiger partial charge is 0.481 e. The van der Waals surface area contributed by atoms with Gasteiger partial charge in [-0.3, -0.25) is 0 Å². The van der Waals surface area contributed by atoms with Crippen LogP contribution in [0.4, 0.5) is 5.95 Å². The van der Waals surface area contributed by atoms with Crippen molar-refractivity contribution >= 4 is 5.95 Å². The number of rotatable bonds is 8. The van der Waals surface area contributed by atoms with Gasteiger partial charge in [0.1, 0.15) is 0 Å². The Hall–Kier alpha value is -2.42. The molecule has 2 aromatic heterocycles. The molecule has 22 heavy (non-hydrogen) atoms. The van der Waals surface area contributed by atoms with Crippen molar-refractivity contribution in [1.82, 2.24) is 20.1 Å². The van der Waals surface area contributed by atoms with Crippen LogP contribution in [0.2, 0.25) is 0 Å². The van der Waals surface area contributed by atoms with E-state index in [9.17, 15) is 0 Å². The minimum atomic E-state index is 0.371. The number of aromatic nitrogens is 4. The van der Waals surface area contributed by atoms with Gasteiger partial charge in [0.25, 0.3) is 0 Å². The molecule has 2 heterocycles. The molecule has 0 aliphatic carbocycles. The fourth-order valence-electron chi connectivity index (χ4n) is 1.70. The summed E-state index contributed by atoms with van der Waals surface area (Å²) in [5.41, 5.74) is 0. The molecule has 2 aromatic rings. The average molecular weight is 309 g/mol. The SMILES string of the molecule is COCCc1noc(CN(C)c2nc(OC)cc(OC)n2)n1. The van der Waals surface area contributed by atoms with Crippen molar-refractivity contribution in [2.75, 3.05) is 39.9 Å². The minimum absolute atomic E-state index is 0.371. The molecule has 0 aliphatic rings. The van der Waals surface area contributed by atoms with Crippen LogP contribution in [0.3, 0.4) is 0 Å². The van der Waals surface area contributed by atoms with Gasteiger partial charge in [0.05, 0.1) is 33.4 Å². The molecule has 0 spiro atoms. The number of anilines is 1. The molecule has 0 bridgehead atoms. The van der Waals surface area contributed by atoms with E-state index in [0.29, 0.717) is 49.0 Å². The normalized spacial score (nSPS) is 10.5. The second-order valence-electron chi connectivity index (χ2n) is 4.46. The maximum atomic E-state index is 5.19. The van der Waals surface area contributed by atoms with E-state index in [1.807, 2.05) is 7.05 Å². The smallest absolute Gasteiger partial charge is 0.246 e. The number of ether oxygens (including phenoxy) is 3. The summed E-state index contributed by atoms with van der Waals surface area (Å²) >= 11 is 0. The van der Waals surface area contributed by atoms with Crippen molar-refractivity contribution in [2.24, 2.45) is 0 Å². The van der Waals surface area contributed by atoms with Gasteiger partial charge in [0.2, 0.25) is 23.6 Å². The zero-order valence-corrected chi connectivity index (χ0v) is 13.1. The van der Waals surface area contributed by atoms with E-state index in [2.05, 4.69) is 20.1 Å². The first-order chi connectivity index (χ1) is 10.7. The summed E-state index contributed by atoms with van der Waals surface area (Å²) < 4.78 is 20.4.